The number of nitrogens with zero attached hydrogens (tertiary/aromatic N) is 1. The van der Waals surface area contributed by atoms with Gasteiger partial charge < -0.3 is 10.6 Å². The van der Waals surface area contributed by atoms with Gasteiger partial charge in [0.1, 0.15) is 6.04 Å². The minimum atomic E-state index is -0.469. The maximum Gasteiger partial charge on any atom is 0.253 e. The van der Waals surface area contributed by atoms with Crippen LogP contribution in [0.15, 0.2) is 34.9 Å². The number of thiocarbonyl (C=S) groups is 1. The molecule has 1 aromatic carbocycles. The number of hydrogen-bond donors (Lipinski definition) is 2. The molecule has 1 atom stereocenters. The van der Waals surface area contributed by atoms with Gasteiger partial charge in [0.25, 0.3) is 5.91 Å². The van der Waals surface area contributed by atoms with Crippen molar-refractivity contribution < 1.29 is 4.79 Å². The number of pyridine rings is 1. The Labute approximate surface area is 117 Å². The van der Waals surface area contributed by atoms with Crippen molar-refractivity contribution in [1.82, 2.24) is 15.6 Å². The second-order valence-electron chi connectivity index (χ2n) is 3.93. The fourth-order valence-electron chi connectivity index (χ4n) is 2.03. The molecule has 1 unspecified atom stereocenters. The van der Waals surface area contributed by atoms with E-state index in [0.717, 1.165) is 20.9 Å². The van der Waals surface area contributed by atoms with Crippen LogP contribution >= 0.6 is 28.1 Å². The first-order valence-electron chi connectivity index (χ1n) is 5.31. The highest BCUT2D eigenvalue weighted by atomic mass is 79.9. The maximum absolute atomic E-state index is 11.8. The first kappa shape index (κ1) is 11.6. The zero-order valence-corrected chi connectivity index (χ0v) is 11.5. The lowest BCUT2D eigenvalue weighted by atomic mass is 10.0. The van der Waals surface area contributed by atoms with E-state index in [0.29, 0.717) is 5.11 Å². The fraction of sp³-hybridized carbons (Fsp3) is 0.0833. The van der Waals surface area contributed by atoms with Gasteiger partial charge in [0.2, 0.25) is 0 Å². The summed E-state index contributed by atoms with van der Waals surface area (Å²) in [6.07, 6.45) is 1.71. The van der Waals surface area contributed by atoms with Crippen molar-refractivity contribution >= 4 is 50.1 Å². The standard InChI is InChI=1S/C12H8BrN3OS/c13-8-4-3-7(9-6(8)2-1-5-14-9)10-11(17)16-12(18)15-10/h1-5,10H,(H2,15,16,17,18). The second-order valence-corrected chi connectivity index (χ2v) is 5.19. The van der Waals surface area contributed by atoms with Gasteiger partial charge in [-0.3, -0.25) is 9.78 Å². The zero-order valence-electron chi connectivity index (χ0n) is 9.11. The normalized spacial score (nSPS) is 18.8. The van der Waals surface area contributed by atoms with Crippen LogP contribution in [0, 0.1) is 0 Å². The average Bonchev–Trinajstić information content (AvgIpc) is 2.69. The maximum atomic E-state index is 11.8. The number of carbonyl (C=O) groups is 1. The number of hydrogen-bond acceptors (Lipinski definition) is 3. The van der Waals surface area contributed by atoms with Gasteiger partial charge in [0.05, 0.1) is 5.52 Å². The van der Waals surface area contributed by atoms with Crippen LogP contribution in [0.3, 0.4) is 0 Å². The molecular formula is C12H8BrN3OS. The molecule has 1 fully saturated rings. The highest BCUT2D eigenvalue weighted by Crippen LogP contribution is 2.29. The van der Waals surface area contributed by atoms with E-state index in [4.69, 9.17) is 12.2 Å². The van der Waals surface area contributed by atoms with Crippen LogP contribution in [-0.4, -0.2) is 16.0 Å². The molecule has 90 valence electrons. The summed E-state index contributed by atoms with van der Waals surface area (Å²) >= 11 is 8.43. The summed E-state index contributed by atoms with van der Waals surface area (Å²) in [4.78, 5) is 16.2. The molecule has 0 aliphatic carbocycles. The van der Waals surface area contributed by atoms with E-state index in [1.54, 1.807) is 6.20 Å². The Kier molecular flexibility index (Phi) is 2.76. The number of aromatic nitrogens is 1. The highest BCUT2D eigenvalue weighted by molar-refractivity contribution is 9.10. The smallest absolute Gasteiger partial charge is 0.253 e. The van der Waals surface area contributed by atoms with E-state index in [9.17, 15) is 4.79 Å². The first-order valence-corrected chi connectivity index (χ1v) is 6.51. The Balaban J connectivity index is 2.21. The van der Waals surface area contributed by atoms with Crippen molar-refractivity contribution in [1.29, 1.82) is 0 Å². The molecule has 0 radical (unpaired) electrons. The van der Waals surface area contributed by atoms with Gasteiger partial charge in [0.15, 0.2) is 5.11 Å². The van der Waals surface area contributed by atoms with Crippen LogP contribution in [0.5, 0.6) is 0 Å². The molecule has 0 saturated carbocycles. The van der Waals surface area contributed by atoms with Gasteiger partial charge in [-0.15, -0.1) is 0 Å². The third-order valence-electron chi connectivity index (χ3n) is 2.83. The van der Waals surface area contributed by atoms with Gasteiger partial charge in [-0.1, -0.05) is 28.1 Å². The summed E-state index contributed by atoms with van der Waals surface area (Å²) in [5.41, 5.74) is 1.62. The summed E-state index contributed by atoms with van der Waals surface area (Å²) in [5, 5.41) is 6.87. The molecular weight excluding hydrogens is 314 g/mol. The molecule has 4 nitrogen and oxygen atoms in total. The largest absolute Gasteiger partial charge is 0.347 e. The Hall–Kier alpha value is -1.53. The number of benzene rings is 1. The summed E-state index contributed by atoms with van der Waals surface area (Å²) in [5.74, 6) is -0.144. The molecule has 1 aliphatic rings. The molecule has 1 amide bonds. The number of fused-ring (bicyclic) bond motifs is 1. The number of nitrogens with one attached hydrogen (secondary N) is 2. The fourth-order valence-corrected chi connectivity index (χ4v) is 2.70. The summed E-state index contributed by atoms with van der Waals surface area (Å²) in [6.45, 7) is 0. The van der Waals surface area contributed by atoms with Crippen LogP contribution in [0.4, 0.5) is 0 Å². The van der Waals surface area contributed by atoms with Crippen molar-refractivity contribution in [2.24, 2.45) is 0 Å². The third-order valence-corrected chi connectivity index (χ3v) is 3.74. The topological polar surface area (TPSA) is 54.0 Å². The predicted octanol–water partition coefficient (Wildman–Crippen LogP) is 2.04. The number of halogens is 1. The molecule has 1 aliphatic heterocycles. The summed E-state index contributed by atoms with van der Waals surface area (Å²) < 4.78 is 0.954. The Morgan fingerprint density at radius 2 is 2.17 bits per heavy atom. The molecule has 2 aromatic rings. The second kappa shape index (κ2) is 4.29. The van der Waals surface area contributed by atoms with Crippen LogP contribution in [0.25, 0.3) is 10.9 Å². The molecule has 2 N–H and O–H groups in total. The zero-order chi connectivity index (χ0) is 12.7. The molecule has 6 heteroatoms. The van der Waals surface area contributed by atoms with Gasteiger partial charge in [0, 0.05) is 21.6 Å². The molecule has 1 aromatic heterocycles. The van der Waals surface area contributed by atoms with E-state index in [1.165, 1.54) is 0 Å². The molecule has 0 spiro atoms. The highest BCUT2D eigenvalue weighted by Gasteiger charge is 2.30. The van der Waals surface area contributed by atoms with Gasteiger partial charge in [-0.2, -0.15) is 0 Å². The molecule has 1 saturated heterocycles. The van der Waals surface area contributed by atoms with E-state index in [-0.39, 0.29) is 5.91 Å². The Bertz CT molecular complexity index is 673. The third kappa shape index (κ3) is 1.77. The summed E-state index contributed by atoms with van der Waals surface area (Å²) in [6, 6.07) is 7.15. The van der Waals surface area contributed by atoms with Crippen LogP contribution in [-0.2, 0) is 4.79 Å². The SMILES string of the molecule is O=C1NC(=S)NC1c1ccc(Br)c2cccnc12. The molecule has 18 heavy (non-hydrogen) atoms. The van der Waals surface area contributed by atoms with E-state index < -0.39 is 6.04 Å². The predicted molar refractivity (Wildman–Crippen MR) is 76.1 cm³/mol. The van der Waals surface area contributed by atoms with Crippen molar-refractivity contribution in [2.45, 2.75) is 6.04 Å². The average molecular weight is 322 g/mol. The van der Waals surface area contributed by atoms with E-state index in [1.807, 2.05) is 24.3 Å². The first-order chi connectivity index (χ1) is 8.66. The van der Waals surface area contributed by atoms with Crippen LogP contribution < -0.4 is 10.6 Å². The quantitative estimate of drug-likeness (QED) is 0.789. The van der Waals surface area contributed by atoms with Crippen LogP contribution in [0.2, 0.25) is 0 Å². The number of carbonyl (C=O) groups excluding carboxylic acids is 1. The molecule has 2 heterocycles. The Morgan fingerprint density at radius 1 is 1.33 bits per heavy atom. The minimum Gasteiger partial charge on any atom is -0.347 e. The lowest BCUT2D eigenvalue weighted by Gasteiger charge is -2.11. The van der Waals surface area contributed by atoms with Crippen LogP contribution in [0.1, 0.15) is 11.6 Å². The van der Waals surface area contributed by atoms with E-state index in [2.05, 4.69) is 31.5 Å². The molecule has 0 bridgehead atoms. The minimum absolute atomic E-state index is 0.144. The van der Waals surface area contributed by atoms with E-state index >= 15 is 0 Å². The monoisotopic (exact) mass is 321 g/mol. The Morgan fingerprint density at radius 3 is 2.89 bits per heavy atom. The van der Waals surface area contributed by atoms with Crippen molar-refractivity contribution in [3.05, 3.63) is 40.5 Å². The number of rotatable bonds is 1. The van der Waals surface area contributed by atoms with Gasteiger partial charge >= 0.3 is 0 Å². The van der Waals surface area contributed by atoms with Gasteiger partial charge in [-0.05, 0) is 24.4 Å². The summed E-state index contributed by atoms with van der Waals surface area (Å²) in [7, 11) is 0. The van der Waals surface area contributed by atoms with Gasteiger partial charge in [-0.25, -0.2) is 0 Å². The lowest BCUT2D eigenvalue weighted by Crippen LogP contribution is -2.21. The van der Waals surface area contributed by atoms with Crippen molar-refractivity contribution in [3.8, 4) is 0 Å². The lowest BCUT2D eigenvalue weighted by molar-refractivity contribution is -0.120. The number of amides is 1. The van der Waals surface area contributed by atoms with Crippen molar-refractivity contribution in [3.63, 3.8) is 0 Å². The van der Waals surface area contributed by atoms with Crippen molar-refractivity contribution in [2.75, 3.05) is 0 Å². The molecule has 3 rings (SSSR count).